The first-order chi connectivity index (χ1) is 10.2. The number of nitrogens with zero attached hydrogens (tertiary/aromatic N) is 1. The van der Waals surface area contributed by atoms with Crippen LogP contribution in [-0.2, 0) is 11.3 Å². The molecule has 2 rings (SSSR count). The molecule has 1 unspecified atom stereocenters. The van der Waals surface area contributed by atoms with Gasteiger partial charge in [-0.25, -0.2) is 0 Å². The Hall–Kier alpha value is -1.55. The molecule has 1 amide bonds. The van der Waals surface area contributed by atoms with Crippen LogP contribution in [0.25, 0.3) is 0 Å². The highest BCUT2D eigenvalue weighted by Crippen LogP contribution is 2.35. The summed E-state index contributed by atoms with van der Waals surface area (Å²) in [6.07, 6.45) is 5.53. The lowest BCUT2D eigenvalue weighted by atomic mass is 10.1. The molecule has 0 aromatic heterocycles. The maximum Gasteiger partial charge on any atom is 0.267 e. The van der Waals surface area contributed by atoms with E-state index in [2.05, 4.69) is 6.92 Å². The second-order valence-electron chi connectivity index (χ2n) is 5.67. The lowest BCUT2D eigenvalue weighted by Gasteiger charge is -2.33. The van der Waals surface area contributed by atoms with Crippen molar-refractivity contribution in [3.8, 4) is 5.75 Å². The molecule has 1 aromatic carbocycles. The molecule has 0 spiro atoms. The van der Waals surface area contributed by atoms with E-state index in [0.717, 1.165) is 30.0 Å². The summed E-state index contributed by atoms with van der Waals surface area (Å²) < 4.78 is 5.71. The van der Waals surface area contributed by atoms with Gasteiger partial charge in [-0.15, -0.1) is 0 Å². The molecule has 21 heavy (non-hydrogen) atoms. The van der Waals surface area contributed by atoms with Crippen molar-refractivity contribution in [3.05, 3.63) is 23.8 Å². The van der Waals surface area contributed by atoms with Crippen LogP contribution in [0.1, 0.15) is 51.5 Å². The van der Waals surface area contributed by atoms with Crippen molar-refractivity contribution in [2.24, 2.45) is 5.73 Å². The predicted octanol–water partition coefficient (Wildman–Crippen LogP) is 3.23. The van der Waals surface area contributed by atoms with Gasteiger partial charge >= 0.3 is 0 Å². The molecule has 1 aliphatic heterocycles. The van der Waals surface area contributed by atoms with E-state index < -0.39 is 6.10 Å². The van der Waals surface area contributed by atoms with Gasteiger partial charge in [0.25, 0.3) is 5.91 Å². The Labute approximate surface area is 127 Å². The van der Waals surface area contributed by atoms with Gasteiger partial charge in [0.2, 0.25) is 0 Å². The number of carbonyl (C=O) groups excluding carboxylic acids is 1. The van der Waals surface area contributed by atoms with Gasteiger partial charge in [0.15, 0.2) is 6.10 Å². The largest absolute Gasteiger partial charge is 0.479 e. The van der Waals surface area contributed by atoms with Crippen LogP contribution in [0.2, 0.25) is 0 Å². The summed E-state index contributed by atoms with van der Waals surface area (Å²) in [5.41, 5.74) is 7.58. The van der Waals surface area contributed by atoms with Crippen molar-refractivity contribution in [1.82, 2.24) is 0 Å². The number of hydrogen-bond acceptors (Lipinski definition) is 3. The van der Waals surface area contributed by atoms with E-state index in [1.165, 1.54) is 25.7 Å². The maximum atomic E-state index is 12.3. The predicted molar refractivity (Wildman–Crippen MR) is 85.5 cm³/mol. The Morgan fingerprint density at radius 3 is 2.71 bits per heavy atom. The summed E-state index contributed by atoms with van der Waals surface area (Å²) in [5, 5.41) is 0. The average molecular weight is 290 g/mol. The number of fused-ring (bicyclic) bond motifs is 1. The summed E-state index contributed by atoms with van der Waals surface area (Å²) in [6.45, 7) is 5.27. The minimum absolute atomic E-state index is 0.0542. The van der Waals surface area contributed by atoms with Crippen LogP contribution in [0.15, 0.2) is 18.2 Å². The highest BCUT2D eigenvalue weighted by Gasteiger charge is 2.31. The number of amides is 1. The number of benzene rings is 1. The Kier molecular flexibility index (Phi) is 5.62. The minimum atomic E-state index is -0.416. The molecule has 0 aliphatic carbocycles. The highest BCUT2D eigenvalue weighted by atomic mass is 16.5. The van der Waals surface area contributed by atoms with E-state index in [1.54, 1.807) is 0 Å². The Morgan fingerprint density at radius 2 is 2.00 bits per heavy atom. The first-order valence-electron chi connectivity index (χ1n) is 7.98. The quantitative estimate of drug-likeness (QED) is 0.784. The molecular weight excluding hydrogens is 264 g/mol. The van der Waals surface area contributed by atoms with Crippen LogP contribution in [0, 0.1) is 0 Å². The van der Waals surface area contributed by atoms with E-state index in [0.29, 0.717) is 6.54 Å². The van der Waals surface area contributed by atoms with Crippen molar-refractivity contribution in [2.45, 2.75) is 58.6 Å². The smallest absolute Gasteiger partial charge is 0.267 e. The molecule has 4 heteroatoms. The van der Waals surface area contributed by atoms with Gasteiger partial charge in [-0.3, -0.25) is 4.79 Å². The number of hydrogen-bond donors (Lipinski definition) is 1. The number of ether oxygens (including phenoxy) is 1. The van der Waals surface area contributed by atoms with Crippen LogP contribution < -0.4 is 15.4 Å². The molecule has 0 saturated carbocycles. The topological polar surface area (TPSA) is 55.6 Å². The lowest BCUT2D eigenvalue weighted by molar-refractivity contribution is -0.125. The Morgan fingerprint density at radius 1 is 1.24 bits per heavy atom. The number of nitrogens with two attached hydrogens (primary N) is 1. The molecule has 0 fully saturated rings. The minimum Gasteiger partial charge on any atom is -0.479 e. The number of anilines is 1. The third-order valence-corrected chi connectivity index (χ3v) is 3.95. The Bertz CT molecular complexity index is 488. The van der Waals surface area contributed by atoms with Gasteiger partial charge < -0.3 is 15.4 Å². The number of rotatable bonds is 7. The van der Waals surface area contributed by atoms with Crippen molar-refractivity contribution in [2.75, 3.05) is 11.4 Å². The molecule has 2 N–H and O–H groups in total. The summed E-state index contributed by atoms with van der Waals surface area (Å²) >= 11 is 0. The summed E-state index contributed by atoms with van der Waals surface area (Å²) in [7, 11) is 0. The van der Waals surface area contributed by atoms with Gasteiger partial charge in [-0.2, -0.15) is 0 Å². The molecule has 0 bridgehead atoms. The second-order valence-corrected chi connectivity index (χ2v) is 5.67. The zero-order valence-corrected chi connectivity index (χ0v) is 13.1. The van der Waals surface area contributed by atoms with Crippen LogP contribution in [-0.4, -0.2) is 18.6 Å². The lowest BCUT2D eigenvalue weighted by Crippen LogP contribution is -2.44. The number of unbranched alkanes of at least 4 members (excludes halogenated alkanes) is 4. The third-order valence-electron chi connectivity index (χ3n) is 3.95. The van der Waals surface area contributed by atoms with Crippen LogP contribution in [0.3, 0.4) is 0 Å². The molecule has 4 nitrogen and oxygen atoms in total. The second kappa shape index (κ2) is 7.46. The van der Waals surface area contributed by atoms with Crippen LogP contribution in [0.5, 0.6) is 5.75 Å². The van der Waals surface area contributed by atoms with Gasteiger partial charge in [-0.05, 0) is 31.0 Å². The van der Waals surface area contributed by atoms with Gasteiger partial charge in [0, 0.05) is 13.1 Å². The van der Waals surface area contributed by atoms with Crippen LogP contribution in [0.4, 0.5) is 5.69 Å². The maximum absolute atomic E-state index is 12.3. The highest BCUT2D eigenvalue weighted by molar-refractivity contribution is 5.99. The van der Waals surface area contributed by atoms with E-state index in [4.69, 9.17) is 10.5 Å². The average Bonchev–Trinajstić information content (AvgIpc) is 2.50. The third kappa shape index (κ3) is 3.76. The van der Waals surface area contributed by atoms with Crippen molar-refractivity contribution in [3.63, 3.8) is 0 Å². The normalized spacial score (nSPS) is 17.6. The SMILES string of the molecule is CCCCCCCN1C(=O)C(C)Oc2cc(CN)ccc21. The van der Waals surface area contributed by atoms with Gasteiger partial charge in [0.05, 0.1) is 5.69 Å². The zero-order chi connectivity index (χ0) is 15.2. The number of carbonyl (C=O) groups is 1. The van der Waals surface area contributed by atoms with Gasteiger partial charge in [-0.1, -0.05) is 38.7 Å². The molecule has 1 aliphatic rings. The van der Waals surface area contributed by atoms with Crippen molar-refractivity contribution in [1.29, 1.82) is 0 Å². The first-order valence-corrected chi connectivity index (χ1v) is 7.98. The summed E-state index contributed by atoms with van der Waals surface area (Å²) in [5.74, 6) is 0.831. The van der Waals surface area contributed by atoms with Crippen LogP contribution >= 0.6 is 0 Å². The van der Waals surface area contributed by atoms with Crippen molar-refractivity contribution < 1.29 is 9.53 Å². The summed E-state index contributed by atoms with van der Waals surface area (Å²) in [6, 6.07) is 5.87. The molecule has 1 aromatic rings. The van der Waals surface area contributed by atoms with E-state index >= 15 is 0 Å². The molecule has 0 saturated heterocycles. The van der Waals surface area contributed by atoms with Gasteiger partial charge in [0.1, 0.15) is 5.75 Å². The Balaban J connectivity index is 2.07. The molecule has 116 valence electrons. The van der Waals surface area contributed by atoms with E-state index in [9.17, 15) is 4.79 Å². The monoisotopic (exact) mass is 290 g/mol. The molecule has 0 radical (unpaired) electrons. The molecule has 1 atom stereocenters. The fourth-order valence-electron chi connectivity index (χ4n) is 2.69. The van der Waals surface area contributed by atoms with Crippen molar-refractivity contribution >= 4 is 11.6 Å². The fraction of sp³-hybridized carbons (Fsp3) is 0.588. The van der Waals surface area contributed by atoms with E-state index in [1.807, 2.05) is 30.0 Å². The standard InChI is InChI=1S/C17H26N2O2/c1-3-4-5-6-7-10-19-15-9-8-14(12-18)11-16(15)21-13(2)17(19)20/h8-9,11,13H,3-7,10,12,18H2,1-2H3. The van der Waals surface area contributed by atoms with E-state index in [-0.39, 0.29) is 5.91 Å². The molecular formula is C17H26N2O2. The fourth-order valence-corrected chi connectivity index (χ4v) is 2.69. The summed E-state index contributed by atoms with van der Waals surface area (Å²) in [4.78, 5) is 14.2. The zero-order valence-electron chi connectivity index (χ0n) is 13.1. The molecule has 1 heterocycles. The first kappa shape index (κ1) is 15.8.